The Kier molecular flexibility index (Phi) is 6.15. The number of benzene rings is 2. The molecule has 4 rings (SSSR count). The molecule has 0 radical (unpaired) electrons. The van der Waals surface area contributed by atoms with E-state index in [-0.39, 0.29) is 5.95 Å². The molecule has 0 bridgehead atoms. The van der Waals surface area contributed by atoms with Gasteiger partial charge in [0, 0.05) is 36.9 Å². The first-order valence-corrected chi connectivity index (χ1v) is 10.1. The van der Waals surface area contributed by atoms with Crippen LogP contribution in [0.25, 0.3) is 0 Å². The molecule has 8 nitrogen and oxygen atoms in total. The third-order valence-electron chi connectivity index (χ3n) is 4.96. The van der Waals surface area contributed by atoms with Gasteiger partial charge in [0.05, 0.1) is 19.3 Å². The fourth-order valence-electron chi connectivity index (χ4n) is 3.46. The van der Waals surface area contributed by atoms with Crippen molar-refractivity contribution in [3.63, 3.8) is 0 Å². The fraction of sp³-hybridized carbons (Fsp3) is 0.286. The molecule has 1 fully saturated rings. The number of nitrogen functional groups attached to an aromatic ring is 1. The van der Waals surface area contributed by atoms with Crippen molar-refractivity contribution in [1.82, 2.24) is 19.9 Å². The number of halogens is 1. The third kappa shape index (κ3) is 4.90. The number of ether oxygens (including phenoxy) is 1. The second kappa shape index (κ2) is 9.15. The van der Waals surface area contributed by atoms with Gasteiger partial charge in [-0.15, -0.1) is 0 Å². The van der Waals surface area contributed by atoms with Crippen LogP contribution < -0.4 is 20.7 Å². The number of nitrogens with zero attached hydrogens (tertiary/aromatic N) is 5. The van der Waals surface area contributed by atoms with Crippen LogP contribution in [-0.2, 0) is 6.54 Å². The number of methoxy groups -OCH3 is 1. The molecule has 1 aromatic heterocycles. The summed E-state index contributed by atoms with van der Waals surface area (Å²) in [5.41, 5.74) is 7.87. The van der Waals surface area contributed by atoms with Gasteiger partial charge in [0.25, 0.3) is 0 Å². The van der Waals surface area contributed by atoms with Crippen LogP contribution in [-0.4, -0.2) is 53.1 Å². The number of piperazine rings is 1. The van der Waals surface area contributed by atoms with Crippen molar-refractivity contribution in [3.8, 4) is 5.75 Å². The predicted octanol–water partition coefficient (Wildman–Crippen LogP) is 3.18. The Morgan fingerprint density at radius 3 is 2.47 bits per heavy atom. The maximum atomic E-state index is 5.93. The summed E-state index contributed by atoms with van der Waals surface area (Å²) in [7, 11) is 1.70. The Morgan fingerprint density at radius 1 is 1.00 bits per heavy atom. The number of aromatic nitrogens is 3. The normalized spacial score (nSPS) is 14.5. The average molecular weight is 426 g/mol. The van der Waals surface area contributed by atoms with Crippen LogP contribution in [0.2, 0.25) is 5.02 Å². The Morgan fingerprint density at radius 2 is 1.73 bits per heavy atom. The zero-order chi connectivity index (χ0) is 20.9. The highest BCUT2D eigenvalue weighted by Crippen LogP contribution is 2.28. The van der Waals surface area contributed by atoms with E-state index in [1.807, 2.05) is 30.3 Å². The zero-order valence-electron chi connectivity index (χ0n) is 16.8. The lowest BCUT2D eigenvalue weighted by Gasteiger charge is -2.36. The van der Waals surface area contributed by atoms with Gasteiger partial charge >= 0.3 is 0 Å². The first-order chi connectivity index (χ1) is 14.6. The molecule has 30 heavy (non-hydrogen) atoms. The van der Waals surface area contributed by atoms with Crippen LogP contribution in [0.15, 0.2) is 48.5 Å². The average Bonchev–Trinajstić information content (AvgIpc) is 2.75. The number of hydrogen-bond donors (Lipinski definition) is 2. The fourth-order valence-corrected chi connectivity index (χ4v) is 3.59. The summed E-state index contributed by atoms with van der Waals surface area (Å²) in [6.07, 6.45) is 0. The van der Waals surface area contributed by atoms with E-state index < -0.39 is 0 Å². The van der Waals surface area contributed by atoms with Gasteiger partial charge in [0.1, 0.15) is 11.6 Å². The van der Waals surface area contributed by atoms with E-state index in [1.165, 1.54) is 0 Å². The number of para-hydroxylation sites is 2. The zero-order valence-corrected chi connectivity index (χ0v) is 17.5. The summed E-state index contributed by atoms with van der Waals surface area (Å²) in [5.74, 6) is 2.16. The van der Waals surface area contributed by atoms with E-state index in [0.29, 0.717) is 23.3 Å². The standard InChI is InChI=1S/C21H24ClN7O/c1-30-18-5-3-2-4-17(18)29-12-10-28(11-13-29)14-19-25-20(23)27-21(26-19)24-16-8-6-15(22)7-9-16/h2-9H,10-14H2,1H3,(H3,23,24,25,26,27). The summed E-state index contributed by atoms with van der Waals surface area (Å²) in [4.78, 5) is 17.7. The molecular formula is C21H24ClN7O. The molecule has 3 N–H and O–H groups in total. The maximum absolute atomic E-state index is 5.93. The molecule has 1 aliphatic heterocycles. The molecule has 0 unspecified atom stereocenters. The molecular weight excluding hydrogens is 402 g/mol. The highest BCUT2D eigenvalue weighted by atomic mass is 35.5. The van der Waals surface area contributed by atoms with Gasteiger partial charge in [0.15, 0.2) is 0 Å². The van der Waals surface area contributed by atoms with Crippen molar-refractivity contribution in [2.24, 2.45) is 0 Å². The number of nitrogens with one attached hydrogen (secondary N) is 1. The Bertz CT molecular complexity index is 991. The van der Waals surface area contributed by atoms with Gasteiger partial charge in [-0.3, -0.25) is 4.90 Å². The van der Waals surface area contributed by atoms with Crippen molar-refractivity contribution >= 4 is 34.9 Å². The van der Waals surface area contributed by atoms with E-state index in [4.69, 9.17) is 22.1 Å². The Balaban J connectivity index is 1.39. The molecule has 0 aliphatic carbocycles. The van der Waals surface area contributed by atoms with Crippen LogP contribution >= 0.6 is 11.6 Å². The summed E-state index contributed by atoms with van der Waals surface area (Å²) < 4.78 is 5.49. The Labute approximate surface area is 180 Å². The number of rotatable bonds is 6. The maximum Gasteiger partial charge on any atom is 0.232 e. The van der Waals surface area contributed by atoms with Gasteiger partial charge < -0.3 is 20.7 Å². The highest BCUT2D eigenvalue weighted by Gasteiger charge is 2.20. The SMILES string of the molecule is COc1ccccc1N1CCN(Cc2nc(N)nc(Nc3ccc(Cl)cc3)n2)CC1. The summed E-state index contributed by atoms with van der Waals surface area (Å²) in [6, 6.07) is 15.4. The first-order valence-electron chi connectivity index (χ1n) is 9.74. The van der Waals surface area contributed by atoms with Gasteiger partial charge in [-0.2, -0.15) is 15.0 Å². The van der Waals surface area contributed by atoms with Crippen molar-refractivity contribution in [2.45, 2.75) is 6.54 Å². The van der Waals surface area contributed by atoms with Gasteiger partial charge in [-0.25, -0.2) is 0 Å². The minimum Gasteiger partial charge on any atom is -0.495 e. The van der Waals surface area contributed by atoms with Crippen LogP contribution in [0.1, 0.15) is 5.82 Å². The minimum atomic E-state index is 0.198. The summed E-state index contributed by atoms with van der Waals surface area (Å²) >= 11 is 5.93. The topological polar surface area (TPSA) is 92.4 Å². The van der Waals surface area contributed by atoms with Crippen molar-refractivity contribution < 1.29 is 4.74 Å². The van der Waals surface area contributed by atoms with Gasteiger partial charge in [-0.1, -0.05) is 23.7 Å². The van der Waals surface area contributed by atoms with E-state index in [1.54, 1.807) is 19.2 Å². The van der Waals surface area contributed by atoms with Crippen LogP contribution in [0, 0.1) is 0 Å². The number of hydrogen-bond acceptors (Lipinski definition) is 8. The summed E-state index contributed by atoms with van der Waals surface area (Å²) in [6.45, 7) is 4.20. The molecule has 3 aromatic rings. The molecule has 0 amide bonds. The van der Waals surface area contributed by atoms with Crippen molar-refractivity contribution in [2.75, 3.05) is 49.2 Å². The lowest BCUT2D eigenvalue weighted by atomic mass is 10.2. The van der Waals surface area contributed by atoms with Crippen molar-refractivity contribution in [3.05, 3.63) is 59.4 Å². The molecule has 0 saturated carbocycles. The van der Waals surface area contributed by atoms with Crippen molar-refractivity contribution in [1.29, 1.82) is 0 Å². The summed E-state index contributed by atoms with van der Waals surface area (Å²) in [5, 5.41) is 3.82. The molecule has 2 heterocycles. The third-order valence-corrected chi connectivity index (χ3v) is 5.21. The van der Waals surface area contributed by atoms with E-state index in [0.717, 1.165) is 43.3 Å². The molecule has 1 saturated heterocycles. The molecule has 0 spiro atoms. The molecule has 0 atom stereocenters. The first kappa shape index (κ1) is 20.2. The highest BCUT2D eigenvalue weighted by molar-refractivity contribution is 6.30. The van der Waals surface area contributed by atoms with Gasteiger partial charge in [0.2, 0.25) is 11.9 Å². The van der Waals surface area contributed by atoms with Crippen LogP contribution in [0.5, 0.6) is 5.75 Å². The minimum absolute atomic E-state index is 0.198. The molecule has 1 aliphatic rings. The Hall–Kier alpha value is -3.10. The lowest BCUT2D eigenvalue weighted by molar-refractivity contribution is 0.243. The second-order valence-electron chi connectivity index (χ2n) is 7.00. The molecule has 156 valence electrons. The monoisotopic (exact) mass is 425 g/mol. The van der Waals surface area contributed by atoms with E-state index in [2.05, 4.69) is 36.1 Å². The number of nitrogens with two attached hydrogens (primary N) is 1. The van der Waals surface area contributed by atoms with E-state index in [9.17, 15) is 0 Å². The second-order valence-corrected chi connectivity index (χ2v) is 7.44. The quantitative estimate of drug-likeness (QED) is 0.622. The molecule has 2 aromatic carbocycles. The number of anilines is 4. The largest absolute Gasteiger partial charge is 0.495 e. The smallest absolute Gasteiger partial charge is 0.232 e. The molecule has 9 heteroatoms. The predicted molar refractivity (Wildman–Crippen MR) is 119 cm³/mol. The van der Waals surface area contributed by atoms with Crippen LogP contribution in [0.4, 0.5) is 23.3 Å². The van der Waals surface area contributed by atoms with Crippen LogP contribution in [0.3, 0.4) is 0 Å². The van der Waals surface area contributed by atoms with E-state index >= 15 is 0 Å². The van der Waals surface area contributed by atoms with Gasteiger partial charge in [-0.05, 0) is 36.4 Å². The lowest BCUT2D eigenvalue weighted by Crippen LogP contribution is -2.46.